The number of hydrogen-bond acceptors (Lipinski definition) is 21. The minimum Gasteiger partial charge on any atom is -0.484 e. The van der Waals surface area contributed by atoms with Crippen LogP contribution in [0.2, 0.25) is 0 Å². The minimum absolute atomic E-state index is 0.0386. The van der Waals surface area contributed by atoms with E-state index in [4.69, 9.17) is 18.9 Å². The molecule has 32 heteroatoms. The number of carboxylic acid groups (broad SMARTS) is 4. The summed E-state index contributed by atoms with van der Waals surface area (Å²) < 4.78 is 22.4. The first-order valence-electron chi connectivity index (χ1n) is 34.0. The van der Waals surface area contributed by atoms with E-state index < -0.39 is 65.6 Å². The molecule has 10 N–H and O–H groups in total. The van der Waals surface area contributed by atoms with Gasteiger partial charge in [0.05, 0.1) is 95.9 Å². The molecule has 0 saturated carbocycles. The van der Waals surface area contributed by atoms with Crippen LogP contribution in [-0.4, -0.2) is 291 Å². The van der Waals surface area contributed by atoms with Gasteiger partial charge < -0.3 is 76.2 Å². The molecule has 3 unspecified atom stereocenters. The van der Waals surface area contributed by atoms with Crippen molar-refractivity contribution >= 4 is 76.1 Å². The van der Waals surface area contributed by atoms with Crippen molar-refractivity contribution in [3.8, 4) is 11.8 Å². The smallest absolute Gasteiger partial charge is 0.326 e. The Labute approximate surface area is 582 Å². The number of ether oxygens (including phenoxy) is 4. The highest BCUT2D eigenvalue weighted by Gasteiger charge is 2.30. The van der Waals surface area contributed by atoms with E-state index in [1.165, 1.54) is 22.7 Å². The summed E-state index contributed by atoms with van der Waals surface area (Å²) in [7, 11) is 0. The Balaban J connectivity index is 1.02. The predicted molar refractivity (Wildman–Crippen MR) is 363 cm³/mol. The first-order chi connectivity index (χ1) is 48.0. The molecule has 32 nitrogen and oxygen atoms in total. The third-order valence-corrected chi connectivity index (χ3v) is 16.4. The van der Waals surface area contributed by atoms with Crippen LogP contribution in [0.4, 0.5) is 0 Å². The number of aromatic nitrogens is 1. The SMILES string of the molecule is CC(C)Cc1ccc(CC(=O)NCCCCC(NC(=O)C(CCCCNC(=O)CN2CCN(CC(=O)O)CCN(CC(=O)O)CCN(CC(=O)O)CC2)NC(=O)CCOCCOCCOCCNC(=O)COc2ccc3c(C(=O)NCC(=O)N4CCCC4C#N)ccnc3c2)C(=O)O)cc1. The summed E-state index contributed by atoms with van der Waals surface area (Å²) in [5, 5.41) is 64.9. The molecule has 5 rings (SSSR count). The van der Waals surface area contributed by atoms with E-state index in [9.17, 15) is 78.4 Å². The lowest BCUT2D eigenvalue weighted by Gasteiger charge is -2.32. The highest BCUT2D eigenvalue weighted by Crippen LogP contribution is 2.23. The van der Waals surface area contributed by atoms with E-state index >= 15 is 0 Å². The number of aliphatic carboxylic acids is 4. The highest BCUT2D eigenvalue weighted by molar-refractivity contribution is 6.07. The number of nitrogens with one attached hydrogen (secondary N) is 6. The molecule has 3 atom stereocenters. The van der Waals surface area contributed by atoms with Crippen molar-refractivity contribution in [2.75, 3.05) is 158 Å². The molecule has 3 aromatic rings. The molecule has 100 heavy (non-hydrogen) atoms. The molecule has 1 aromatic heterocycles. The van der Waals surface area contributed by atoms with Crippen molar-refractivity contribution in [2.24, 2.45) is 5.92 Å². The van der Waals surface area contributed by atoms with E-state index in [2.05, 4.69) is 56.8 Å². The highest BCUT2D eigenvalue weighted by atomic mass is 16.5. The lowest BCUT2D eigenvalue weighted by Crippen LogP contribution is -2.51. The maximum absolute atomic E-state index is 13.8. The fourth-order valence-electron chi connectivity index (χ4n) is 11.2. The van der Waals surface area contributed by atoms with E-state index in [0.29, 0.717) is 73.3 Å². The maximum atomic E-state index is 13.8. The Hall–Kier alpha value is -8.97. The molecule has 0 spiro atoms. The topological polar surface area (TPSA) is 431 Å². The normalized spacial score (nSPS) is 15.7. The molecule has 7 amide bonds. The van der Waals surface area contributed by atoms with Gasteiger partial charge in [0.1, 0.15) is 23.9 Å². The van der Waals surface area contributed by atoms with Crippen molar-refractivity contribution in [1.29, 1.82) is 5.26 Å². The Kier molecular flexibility index (Phi) is 37.3. The quantitative estimate of drug-likeness (QED) is 0.0332. The summed E-state index contributed by atoms with van der Waals surface area (Å²) >= 11 is 0. The number of amides is 7. The van der Waals surface area contributed by atoms with Crippen molar-refractivity contribution in [3.63, 3.8) is 0 Å². The Bertz CT molecular complexity index is 3160. The maximum Gasteiger partial charge on any atom is 0.326 e. The number of fused-ring (bicyclic) bond motifs is 1. The number of unbranched alkanes of at least 4 members (excludes halogenated alkanes) is 2. The van der Waals surface area contributed by atoms with Gasteiger partial charge in [0, 0.05) is 103 Å². The van der Waals surface area contributed by atoms with Crippen molar-refractivity contribution in [2.45, 2.75) is 103 Å². The number of carboxylic acids is 4. The van der Waals surface area contributed by atoms with E-state index in [1.807, 2.05) is 24.3 Å². The lowest BCUT2D eigenvalue weighted by atomic mass is 10.0. The molecule has 2 aliphatic rings. The number of carbonyl (C=O) groups excluding carboxylic acids is 7. The van der Waals surface area contributed by atoms with Crippen LogP contribution in [0.3, 0.4) is 0 Å². The van der Waals surface area contributed by atoms with Crippen LogP contribution in [-0.2, 0) is 75.0 Å². The van der Waals surface area contributed by atoms with Gasteiger partial charge in [-0.3, -0.25) is 72.5 Å². The monoisotopic (exact) mass is 1400 g/mol. The zero-order valence-corrected chi connectivity index (χ0v) is 57.3. The standard InChI is InChI=1S/C68H99N13O19/c1-48(2)38-49-11-13-50(14-12-49)39-59(83)71-19-6-4-10-56(68(95)96)76-67(94)55(9-3-5-20-72-60(84)43-77-24-26-78(44-63(87)88)28-30-80(46-65(91)92)31-29-79(27-25-77)45-64(89)90)75-58(82)18-32-97-34-36-99-37-35-98-33-22-73-61(85)47-100-52-15-16-53-54(17-21-70-57(53)40-52)66(93)74-42-62(86)81-23-7-8-51(81)41-69/h11-17,21,40,48,51,55-56H,3-10,18-20,22-39,42-47H2,1-2H3,(H,71,83)(H,72,84)(H,73,85)(H,74,93)(H,75,82)(H,76,94)(H,87,88)(H,89,90)(H,91,92)(H,95,96). The fraction of sp³-hybridized carbons (Fsp3) is 0.603. The molecule has 2 fully saturated rings. The van der Waals surface area contributed by atoms with Crippen LogP contribution in [0.25, 0.3) is 10.9 Å². The molecule has 2 aliphatic heterocycles. The summed E-state index contributed by atoms with van der Waals surface area (Å²) in [4.78, 5) is 151. The van der Waals surface area contributed by atoms with Crippen LogP contribution >= 0.6 is 0 Å². The molecular weight excluding hydrogens is 1300 g/mol. The molecule has 0 radical (unpaired) electrons. The summed E-state index contributed by atoms with van der Waals surface area (Å²) in [6.07, 6.45) is 5.27. The van der Waals surface area contributed by atoms with Gasteiger partial charge in [-0.15, -0.1) is 0 Å². The van der Waals surface area contributed by atoms with Crippen LogP contribution in [0.1, 0.15) is 93.1 Å². The van der Waals surface area contributed by atoms with Gasteiger partial charge >= 0.3 is 23.9 Å². The number of nitrogens with zero attached hydrogens (tertiary/aromatic N) is 7. The molecule has 550 valence electrons. The van der Waals surface area contributed by atoms with Crippen molar-refractivity contribution in [3.05, 3.63) is 71.4 Å². The molecule has 3 heterocycles. The summed E-state index contributed by atoms with van der Waals surface area (Å²) in [6.45, 7) is 6.34. The Morgan fingerprint density at radius 3 is 1.69 bits per heavy atom. The fourth-order valence-corrected chi connectivity index (χ4v) is 11.2. The Morgan fingerprint density at radius 2 is 1.12 bits per heavy atom. The average Bonchev–Trinajstić information content (AvgIpc) is 0.888. The number of carbonyl (C=O) groups is 11. The van der Waals surface area contributed by atoms with Gasteiger partial charge in [-0.05, 0) is 93.0 Å². The van der Waals surface area contributed by atoms with Gasteiger partial charge in [0.2, 0.25) is 29.5 Å². The third-order valence-electron chi connectivity index (χ3n) is 16.4. The number of hydrogen-bond donors (Lipinski definition) is 10. The zero-order valence-electron chi connectivity index (χ0n) is 57.3. The second-order valence-corrected chi connectivity index (χ2v) is 24.9. The van der Waals surface area contributed by atoms with E-state index in [0.717, 1.165) is 18.4 Å². The predicted octanol–water partition coefficient (Wildman–Crippen LogP) is -0.0421. The van der Waals surface area contributed by atoms with E-state index in [-0.39, 0.29) is 188 Å². The van der Waals surface area contributed by atoms with Gasteiger partial charge in [-0.25, -0.2) is 4.79 Å². The zero-order chi connectivity index (χ0) is 72.6. The molecular formula is C68H99N13O19. The molecule has 2 aromatic carbocycles. The average molecular weight is 1400 g/mol. The van der Waals surface area contributed by atoms with Gasteiger partial charge in [-0.2, -0.15) is 5.26 Å². The first-order valence-corrected chi connectivity index (χ1v) is 34.0. The van der Waals surface area contributed by atoms with E-state index in [1.54, 1.807) is 37.8 Å². The number of pyridine rings is 1. The van der Waals surface area contributed by atoms with Crippen molar-refractivity contribution < 1.29 is 92.1 Å². The van der Waals surface area contributed by atoms with Crippen LogP contribution < -0.4 is 36.6 Å². The minimum atomic E-state index is -1.31. The number of nitriles is 1. The lowest BCUT2D eigenvalue weighted by molar-refractivity contribution is -0.142. The van der Waals surface area contributed by atoms with Gasteiger partial charge in [-0.1, -0.05) is 38.1 Å². The molecule has 0 bridgehead atoms. The number of likely N-dealkylation sites (tertiary alicyclic amines) is 1. The summed E-state index contributed by atoms with van der Waals surface area (Å²) in [5.74, 6) is -6.74. The van der Waals surface area contributed by atoms with Gasteiger partial charge in [0.25, 0.3) is 11.8 Å². The van der Waals surface area contributed by atoms with Crippen LogP contribution in [0.5, 0.6) is 5.75 Å². The van der Waals surface area contributed by atoms with Crippen LogP contribution in [0.15, 0.2) is 54.7 Å². The van der Waals surface area contributed by atoms with Crippen molar-refractivity contribution in [1.82, 2.24) is 61.4 Å². The van der Waals surface area contributed by atoms with Gasteiger partial charge in [0.15, 0.2) is 6.61 Å². The Morgan fingerprint density at radius 1 is 0.580 bits per heavy atom. The number of benzene rings is 2. The summed E-state index contributed by atoms with van der Waals surface area (Å²) in [6, 6.07) is 13.4. The first kappa shape index (κ1) is 81.7. The molecule has 2 saturated heterocycles. The molecule has 0 aliphatic carbocycles. The summed E-state index contributed by atoms with van der Waals surface area (Å²) in [5.41, 5.74) is 2.78. The number of rotatable bonds is 44. The third kappa shape index (κ3) is 32.8. The second kappa shape index (κ2) is 45.6. The largest absolute Gasteiger partial charge is 0.484 e. The van der Waals surface area contributed by atoms with Crippen LogP contribution in [0, 0.1) is 17.2 Å². The second-order valence-electron chi connectivity index (χ2n) is 24.9.